The molecule has 1 heterocycles. The zero-order chi connectivity index (χ0) is 8.10. The van der Waals surface area contributed by atoms with Gasteiger partial charge in [0.15, 0.2) is 5.82 Å². The number of nitrogens with zero attached hydrogens (tertiary/aromatic N) is 2. The molecule has 0 amide bonds. The Kier molecular flexibility index (Phi) is 2.54. The maximum Gasteiger partial charge on any atom is 0.346 e. The molecule has 0 aromatic carbocycles. The number of hydrogen-bond donors (Lipinski definition) is 1. The van der Waals surface area contributed by atoms with Crippen LogP contribution in [0.25, 0.3) is 0 Å². The van der Waals surface area contributed by atoms with Crippen LogP contribution in [0, 0.1) is 0 Å². The van der Waals surface area contributed by atoms with Crippen molar-refractivity contribution in [2.45, 2.75) is 13.3 Å². The molecule has 4 nitrogen and oxygen atoms in total. The molecule has 0 fully saturated rings. The van der Waals surface area contributed by atoms with Gasteiger partial charge in [-0.2, -0.15) is 4.98 Å². The van der Waals surface area contributed by atoms with Gasteiger partial charge in [0.1, 0.15) is 0 Å². The summed E-state index contributed by atoms with van der Waals surface area (Å²) in [5, 5.41) is 0. The number of aromatic amines is 1. The first-order chi connectivity index (χ1) is 5.33. The van der Waals surface area contributed by atoms with E-state index in [1.165, 1.54) is 6.20 Å². The molecule has 0 unspecified atom stereocenters. The lowest BCUT2D eigenvalue weighted by molar-refractivity contribution is 1.07. The summed E-state index contributed by atoms with van der Waals surface area (Å²) in [6.07, 6.45) is 4.08. The third-order valence-electron chi connectivity index (χ3n) is 1.06. The summed E-state index contributed by atoms with van der Waals surface area (Å²) in [7, 11) is 0. The number of H-pyrrole nitrogens is 1. The van der Waals surface area contributed by atoms with E-state index in [-0.39, 0.29) is 5.69 Å². The van der Waals surface area contributed by atoms with Crippen molar-refractivity contribution in [3.8, 4) is 0 Å². The van der Waals surface area contributed by atoms with Gasteiger partial charge in [-0.05, 0) is 12.5 Å². The predicted octanol–water partition coefficient (Wildman–Crippen LogP) is 0.882. The summed E-state index contributed by atoms with van der Waals surface area (Å²) in [5.74, 6) is 0.454. The van der Waals surface area contributed by atoms with Crippen LogP contribution in [-0.2, 0) is 0 Å². The fraction of sp³-hybridized carbons (Fsp3) is 0.286. The van der Waals surface area contributed by atoms with Gasteiger partial charge in [0, 0.05) is 12.4 Å². The Bertz CT molecular complexity index is 303. The fourth-order valence-electron chi connectivity index (χ4n) is 0.618. The van der Waals surface area contributed by atoms with E-state index >= 15 is 0 Å². The highest BCUT2D eigenvalue weighted by Crippen LogP contribution is 1.99. The molecule has 1 aromatic heterocycles. The van der Waals surface area contributed by atoms with Crippen molar-refractivity contribution in [3.63, 3.8) is 0 Å². The number of aromatic nitrogens is 2. The number of rotatable bonds is 2. The summed E-state index contributed by atoms with van der Waals surface area (Å²) in [6.45, 7) is 1.97. The van der Waals surface area contributed by atoms with Crippen LogP contribution in [0.3, 0.4) is 0 Å². The second-order valence-electron chi connectivity index (χ2n) is 1.97. The molecule has 0 radical (unpaired) electrons. The second kappa shape index (κ2) is 3.65. The van der Waals surface area contributed by atoms with Crippen LogP contribution in [0.2, 0.25) is 0 Å². The first kappa shape index (κ1) is 7.65. The molecule has 1 aromatic rings. The minimum absolute atomic E-state index is 0.365. The molecule has 0 bridgehead atoms. The van der Waals surface area contributed by atoms with Crippen LogP contribution in [0.1, 0.15) is 13.3 Å². The molecule has 0 aliphatic rings. The average Bonchev–Trinajstić information content (AvgIpc) is 2.01. The highest BCUT2D eigenvalue weighted by atomic mass is 16.1. The second-order valence-corrected chi connectivity index (χ2v) is 1.97. The molecule has 58 valence electrons. The molecule has 0 aliphatic heterocycles. The molecular formula is C7H9N3O. The topological polar surface area (TPSA) is 58.1 Å². The maximum atomic E-state index is 10.6. The van der Waals surface area contributed by atoms with E-state index < -0.39 is 0 Å². The van der Waals surface area contributed by atoms with Gasteiger partial charge >= 0.3 is 5.69 Å². The van der Waals surface area contributed by atoms with E-state index in [2.05, 4.69) is 15.0 Å². The Morgan fingerprint density at radius 2 is 2.64 bits per heavy atom. The zero-order valence-corrected chi connectivity index (χ0v) is 6.24. The van der Waals surface area contributed by atoms with Gasteiger partial charge in [-0.1, -0.05) is 6.92 Å². The largest absolute Gasteiger partial charge is 0.346 e. The average molecular weight is 151 g/mol. The quantitative estimate of drug-likeness (QED) is 0.638. The standard InChI is InChI=1S/C7H9N3O/c1-2-4-8-6-3-5-9-7(11)10-6/h3-5H,2H2,1H3,(H,9,10,11). The number of aliphatic imine (C=N–C) groups is 1. The van der Waals surface area contributed by atoms with Crippen molar-refractivity contribution in [2.75, 3.05) is 0 Å². The Hall–Kier alpha value is -1.45. The third kappa shape index (κ3) is 2.33. The highest BCUT2D eigenvalue weighted by Gasteiger charge is 1.87. The third-order valence-corrected chi connectivity index (χ3v) is 1.06. The molecule has 1 N–H and O–H groups in total. The van der Waals surface area contributed by atoms with Crippen LogP contribution >= 0.6 is 0 Å². The van der Waals surface area contributed by atoms with Gasteiger partial charge in [-0.25, -0.2) is 9.79 Å². The Morgan fingerprint density at radius 3 is 3.27 bits per heavy atom. The monoisotopic (exact) mass is 151 g/mol. The summed E-state index contributed by atoms with van der Waals surface area (Å²) in [4.78, 5) is 20.6. The summed E-state index contributed by atoms with van der Waals surface area (Å²) in [5.41, 5.74) is -0.365. The van der Waals surface area contributed by atoms with Crippen molar-refractivity contribution in [2.24, 2.45) is 4.99 Å². The first-order valence-electron chi connectivity index (χ1n) is 3.41. The Morgan fingerprint density at radius 1 is 1.82 bits per heavy atom. The van der Waals surface area contributed by atoms with Gasteiger partial charge in [0.2, 0.25) is 0 Å². The van der Waals surface area contributed by atoms with Crippen molar-refractivity contribution in [3.05, 3.63) is 22.7 Å². The zero-order valence-electron chi connectivity index (χ0n) is 6.24. The molecule has 11 heavy (non-hydrogen) atoms. The van der Waals surface area contributed by atoms with Gasteiger partial charge in [-0.15, -0.1) is 0 Å². The lowest BCUT2D eigenvalue weighted by Gasteiger charge is -1.87. The fourth-order valence-corrected chi connectivity index (χ4v) is 0.618. The van der Waals surface area contributed by atoms with Gasteiger partial charge in [0.05, 0.1) is 0 Å². The lowest BCUT2D eigenvalue weighted by Crippen LogP contribution is -2.07. The van der Waals surface area contributed by atoms with E-state index in [0.29, 0.717) is 5.82 Å². The first-order valence-corrected chi connectivity index (χ1v) is 3.41. The van der Waals surface area contributed by atoms with Crippen LogP contribution in [-0.4, -0.2) is 16.2 Å². The maximum absolute atomic E-state index is 10.6. The van der Waals surface area contributed by atoms with Crippen molar-refractivity contribution < 1.29 is 0 Å². The van der Waals surface area contributed by atoms with E-state index in [9.17, 15) is 4.79 Å². The van der Waals surface area contributed by atoms with E-state index in [1.807, 2.05) is 6.92 Å². The van der Waals surface area contributed by atoms with Gasteiger partial charge < -0.3 is 4.98 Å². The predicted molar refractivity (Wildman–Crippen MR) is 43.3 cm³/mol. The molecule has 0 atom stereocenters. The van der Waals surface area contributed by atoms with Gasteiger partial charge in [-0.3, -0.25) is 0 Å². The minimum Gasteiger partial charge on any atom is -0.313 e. The van der Waals surface area contributed by atoms with Crippen molar-refractivity contribution in [1.82, 2.24) is 9.97 Å². The molecule has 1 rings (SSSR count). The van der Waals surface area contributed by atoms with Crippen molar-refractivity contribution in [1.29, 1.82) is 0 Å². The Labute approximate surface area is 64.0 Å². The molecule has 4 heteroatoms. The summed E-state index contributed by atoms with van der Waals surface area (Å²) < 4.78 is 0. The lowest BCUT2D eigenvalue weighted by atomic mass is 10.5. The van der Waals surface area contributed by atoms with Crippen molar-refractivity contribution >= 4 is 12.0 Å². The van der Waals surface area contributed by atoms with Gasteiger partial charge in [0.25, 0.3) is 0 Å². The minimum atomic E-state index is -0.365. The van der Waals surface area contributed by atoms with E-state index in [4.69, 9.17) is 0 Å². The van der Waals surface area contributed by atoms with Crippen LogP contribution in [0.4, 0.5) is 5.82 Å². The molecule has 0 spiro atoms. The van der Waals surface area contributed by atoms with Crippen LogP contribution < -0.4 is 5.69 Å². The molecular weight excluding hydrogens is 142 g/mol. The highest BCUT2D eigenvalue weighted by molar-refractivity contribution is 5.60. The van der Waals surface area contributed by atoms with E-state index in [1.54, 1.807) is 12.3 Å². The normalized spacial score (nSPS) is 10.6. The molecule has 0 saturated carbocycles. The van der Waals surface area contributed by atoms with E-state index in [0.717, 1.165) is 6.42 Å². The van der Waals surface area contributed by atoms with Crippen LogP contribution in [0.15, 0.2) is 22.1 Å². The SMILES string of the molecule is CCC=Nc1cc[nH]c(=O)n1. The Balaban J connectivity index is 2.88. The molecule has 0 saturated heterocycles. The summed E-state index contributed by atoms with van der Waals surface area (Å²) in [6, 6.07) is 1.65. The number of nitrogens with one attached hydrogen (secondary N) is 1. The smallest absolute Gasteiger partial charge is 0.313 e. The molecule has 0 aliphatic carbocycles. The summed E-state index contributed by atoms with van der Waals surface area (Å²) >= 11 is 0. The van der Waals surface area contributed by atoms with Crippen LogP contribution in [0.5, 0.6) is 0 Å². The number of hydrogen-bond acceptors (Lipinski definition) is 3.